The first-order valence-electron chi connectivity index (χ1n) is 9.81. The van der Waals surface area contributed by atoms with Gasteiger partial charge in [-0.1, -0.05) is 35.3 Å². The number of anilines is 2. The third-order valence-electron chi connectivity index (χ3n) is 5.18. The second-order valence-corrected chi connectivity index (χ2v) is 9.55. The van der Waals surface area contributed by atoms with Gasteiger partial charge in [0.2, 0.25) is 0 Å². The molecule has 180 valence electrons. The number of fused-ring (bicyclic) bond motifs is 1. The Balaban J connectivity index is 1.77. The van der Waals surface area contributed by atoms with Crippen molar-refractivity contribution in [1.29, 1.82) is 0 Å². The highest BCUT2D eigenvalue weighted by molar-refractivity contribution is 7.96. The van der Waals surface area contributed by atoms with Gasteiger partial charge in [-0.25, -0.2) is 13.5 Å². The van der Waals surface area contributed by atoms with Crippen LogP contribution in [0.1, 0.15) is 9.67 Å². The number of hydrogen-bond donors (Lipinski definition) is 0. The molecule has 0 aliphatic carbocycles. The molecule has 4 rings (SSSR count). The topological polar surface area (TPSA) is 62.7 Å². The Morgan fingerprint density at radius 2 is 1.94 bits per heavy atom. The van der Waals surface area contributed by atoms with Crippen LogP contribution < -0.4 is 13.9 Å². The molecule has 2 aromatic carbocycles. The van der Waals surface area contributed by atoms with Crippen molar-refractivity contribution in [2.45, 2.75) is 0 Å². The molecule has 0 bridgehead atoms. The minimum Gasteiger partial charge on any atom is -0.494 e. The zero-order valence-corrected chi connectivity index (χ0v) is 21.2. The molecule has 2 heterocycles. The molecule has 0 aliphatic heterocycles. The van der Waals surface area contributed by atoms with Crippen molar-refractivity contribution in [3.63, 3.8) is 0 Å². The predicted octanol–water partition coefficient (Wildman–Crippen LogP) is 7.83. The van der Waals surface area contributed by atoms with Crippen LogP contribution in [-0.2, 0) is 0 Å². The lowest BCUT2D eigenvalue weighted by Crippen LogP contribution is -2.37. The van der Waals surface area contributed by atoms with Crippen molar-refractivity contribution in [3.05, 3.63) is 69.5 Å². The highest BCUT2D eigenvalue weighted by Crippen LogP contribution is 2.43. The van der Waals surface area contributed by atoms with Crippen LogP contribution in [0.25, 0.3) is 21.2 Å². The van der Waals surface area contributed by atoms with E-state index in [1.165, 1.54) is 37.4 Å². The van der Waals surface area contributed by atoms with Gasteiger partial charge in [-0.3, -0.25) is 14.7 Å². The Morgan fingerprint density at radius 1 is 1.17 bits per heavy atom. The quantitative estimate of drug-likeness (QED) is 0.180. The molecule has 35 heavy (non-hydrogen) atoms. The fraction of sp³-hybridized carbons (Fsp3) is 0.0870. The summed E-state index contributed by atoms with van der Waals surface area (Å²) < 4.78 is 33.9. The van der Waals surface area contributed by atoms with E-state index in [1.807, 2.05) is 0 Å². The van der Waals surface area contributed by atoms with E-state index < -0.39 is 11.8 Å². The summed E-state index contributed by atoms with van der Waals surface area (Å²) in [6, 6.07) is 8.29. The van der Waals surface area contributed by atoms with E-state index >= 15 is 0 Å². The van der Waals surface area contributed by atoms with E-state index in [4.69, 9.17) is 27.9 Å². The fourth-order valence-electron chi connectivity index (χ4n) is 3.48. The Morgan fingerprint density at radius 3 is 2.63 bits per heavy atom. The molecule has 0 atom stereocenters. The summed E-state index contributed by atoms with van der Waals surface area (Å²) in [5, 5.41) is 1.72. The minimum atomic E-state index is -0.790. The number of urea groups is 1. The largest absolute Gasteiger partial charge is 0.494 e. The van der Waals surface area contributed by atoms with Crippen LogP contribution in [-0.4, -0.2) is 31.5 Å². The number of aromatic nitrogens is 1. The molecule has 6 nitrogen and oxygen atoms in total. The summed E-state index contributed by atoms with van der Waals surface area (Å²) in [7, 11) is 2.75. The first kappa shape index (κ1) is 25.2. The highest BCUT2D eigenvalue weighted by Gasteiger charge is 2.28. The maximum atomic E-state index is 14.2. The maximum Gasteiger partial charge on any atom is 0.341 e. The van der Waals surface area contributed by atoms with Gasteiger partial charge in [0.05, 0.1) is 39.6 Å². The van der Waals surface area contributed by atoms with Crippen molar-refractivity contribution >= 4 is 81.3 Å². The van der Waals surface area contributed by atoms with Crippen LogP contribution in [0, 0.1) is 5.82 Å². The summed E-state index contributed by atoms with van der Waals surface area (Å²) in [6.45, 7) is 0. The molecule has 2 amide bonds. The molecule has 0 spiro atoms. The maximum absolute atomic E-state index is 14.2. The number of amides is 2. The van der Waals surface area contributed by atoms with Gasteiger partial charge in [-0.05, 0) is 24.3 Å². The monoisotopic (exact) mass is 553 g/mol. The fourth-order valence-corrected chi connectivity index (χ4v) is 5.52. The van der Waals surface area contributed by atoms with Crippen LogP contribution in [0.15, 0.2) is 48.8 Å². The Hall–Kier alpha value is -2.92. The molecule has 0 saturated heterocycles. The number of pyridine rings is 1. The summed E-state index contributed by atoms with van der Waals surface area (Å²) in [4.78, 5) is 31.0. The minimum absolute atomic E-state index is 0.00278. The number of rotatable bonds is 6. The number of benzene rings is 2. The van der Waals surface area contributed by atoms with E-state index in [0.717, 1.165) is 21.7 Å². The van der Waals surface area contributed by atoms with Gasteiger partial charge in [0, 0.05) is 34.5 Å². The number of halogens is 4. The van der Waals surface area contributed by atoms with E-state index in [-0.39, 0.29) is 33.7 Å². The Bertz CT molecular complexity index is 1450. The SMILES string of the molecule is COc1cc(-c2cc(N(SF)C(=O)N(C)c3cncc4cccc(Cl)c34)c(C=O)s2)c(Cl)cc1F. The summed E-state index contributed by atoms with van der Waals surface area (Å²) in [5.41, 5.74) is 0.716. The number of methoxy groups -OCH3 is 1. The first-order chi connectivity index (χ1) is 16.8. The van der Waals surface area contributed by atoms with Crippen LogP contribution in [0.5, 0.6) is 5.75 Å². The Kier molecular flexibility index (Phi) is 7.46. The number of ether oxygens (including phenoxy) is 1. The number of aldehydes is 1. The summed E-state index contributed by atoms with van der Waals surface area (Å²) in [5.74, 6) is -0.714. The third-order valence-corrected chi connectivity index (χ3v) is 7.38. The molecule has 0 aliphatic rings. The number of carbonyl (C=O) groups excluding carboxylic acids is 2. The van der Waals surface area contributed by atoms with Crippen molar-refractivity contribution in [2.24, 2.45) is 0 Å². The van der Waals surface area contributed by atoms with E-state index in [9.17, 15) is 17.9 Å². The van der Waals surface area contributed by atoms with Gasteiger partial charge in [0.15, 0.2) is 30.2 Å². The van der Waals surface area contributed by atoms with E-state index in [0.29, 0.717) is 38.2 Å². The van der Waals surface area contributed by atoms with Gasteiger partial charge in [-0.2, -0.15) is 0 Å². The van der Waals surface area contributed by atoms with Gasteiger partial charge in [-0.15, -0.1) is 15.2 Å². The van der Waals surface area contributed by atoms with Gasteiger partial charge >= 0.3 is 6.03 Å². The Labute approximate surface area is 217 Å². The molecular weight excluding hydrogens is 539 g/mol. The van der Waals surface area contributed by atoms with E-state index in [2.05, 4.69) is 4.98 Å². The van der Waals surface area contributed by atoms with Crippen molar-refractivity contribution in [2.75, 3.05) is 23.4 Å². The molecular formula is C23H15Cl2F2N3O3S2. The lowest BCUT2D eigenvalue weighted by Gasteiger charge is -2.25. The molecule has 4 aromatic rings. The predicted molar refractivity (Wildman–Crippen MR) is 138 cm³/mol. The highest BCUT2D eigenvalue weighted by atomic mass is 35.5. The van der Waals surface area contributed by atoms with Crippen molar-refractivity contribution in [1.82, 2.24) is 4.98 Å². The van der Waals surface area contributed by atoms with Gasteiger partial charge < -0.3 is 4.74 Å². The smallest absolute Gasteiger partial charge is 0.341 e. The standard InChI is InChI=1S/C23H15Cl2F2N3O3S2/c1-29(18-10-28-9-12-4-3-5-14(24)22(12)18)23(32)30(35-27)17-8-20(34-21(17)11-31)13-6-19(33-2)16(26)7-15(13)25/h3-11H,1-2H3. The molecule has 0 N–H and O–H groups in total. The summed E-state index contributed by atoms with van der Waals surface area (Å²) >= 11 is 13.2. The zero-order valence-electron chi connectivity index (χ0n) is 18.1. The molecule has 12 heteroatoms. The first-order valence-corrected chi connectivity index (χ1v) is 12.1. The van der Waals surface area contributed by atoms with Crippen molar-refractivity contribution in [3.8, 4) is 16.2 Å². The lowest BCUT2D eigenvalue weighted by atomic mass is 10.1. The normalized spacial score (nSPS) is 10.9. The number of nitrogens with zero attached hydrogens (tertiary/aromatic N) is 3. The number of hydrogen-bond acceptors (Lipinski definition) is 6. The van der Waals surface area contributed by atoms with Crippen molar-refractivity contribution < 1.29 is 22.6 Å². The van der Waals surface area contributed by atoms with Gasteiger partial charge in [0.1, 0.15) is 0 Å². The lowest BCUT2D eigenvalue weighted by molar-refractivity contribution is 0.112. The molecule has 0 saturated carbocycles. The van der Waals surface area contributed by atoms with Crippen LogP contribution in [0.4, 0.5) is 24.4 Å². The number of thiophene rings is 1. The zero-order chi connectivity index (χ0) is 25.3. The number of carbonyl (C=O) groups is 2. The average molecular weight is 554 g/mol. The molecule has 2 aromatic heterocycles. The van der Waals surface area contributed by atoms with E-state index in [1.54, 1.807) is 24.4 Å². The third kappa shape index (κ3) is 4.66. The molecule has 0 radical (unpaired) electrons. The average Bonchev–Trinajstić information content (AvgIpc) is 3.27. The van der Waals surface area contributed by atoms with Gasteiger partial charge in [0.25, 0.3) is 0 Å². The second-order valence-electron chi connectivity index (χ2n) is 7.15. The van der Waals surface area contributed by atoms with Crippen LogP contribution >= 0.6 is 46.9 Å². The second kappa shape index (κ2) is 10.4. The van der Waals surface area contributed by atoms with Crippen LogP contribution in [0.2, 0.25) is 10.0 Å². The summed E-state index contributed by atoms with van der Waals surface area (Å²) in [6.07, 6.45) is 3.55. The molecule has 0 fully saturated rings. The van der Waals surface area contributed by atoms with Crippen LogP contribution in [0.3, 0.4) is 0 Å². The molecule has 0 unspecified atom stereocenters.